The van der Waals surface area contributed by atoms with Crippen LogP contribution in [0.2, 0.25) is 0 Å². The van der Waals surface area contributed by atoms with Crippen molar-refractivity contribution in [2.45, 2.75) is 12.5 Å². The number of methoxy groups -OCH3 is 1. The number of nitrogens with zero attached hydrogens (tertiary/aromatic N) is 2. The molecule has 0 bridgehead atoms. The van der Waals surface area contributed by atoms with E-state index in [9.17, 15) is 13.2 Å². The van der Waals surface area contributed by atoms with Gasteiger partial charge in [0, 0.05) is 39.8 Å². The van der Waals surface area contributed by atoms with Crippen LogP contribution in [-0.4, -0.2) is 69.5 Å². The van der Waals surface area contributed by atoms with Gasteiger partial charge in [0.2, 0.25) is 5.91 Å². The summed E-state index contributed by atoms with van der Waals surface area (Å²) in [7, 11) is -2.15. The van der Waals surface area contributed by atoms with Gasteiger partial charge in [0.1, 0.15) is 0 Å². The zero-order valence-electron chi connectivity index (χ0n) is 10.4. The summed E-state index contributed by atoms with van der Waals surface area (Å²) < 4.78 is 28.4. The molecule has 4 N–H and O–H groups in total. The second-order valence-electron chi connectivity index (χ2n) is 4.12. The van der Waals surface area contributed by atoms with E-state index in [1.54, 1.807) is 4.90 Å². The molecular formula is C9H20N4O4S. The third kappa shape index (κ3) is 4.18. The Morgan fingerprint density at radius 2 is 1.89 bits per heavy atom. The summed E-state index contributed by atoms with van der Waals surface area (Å²) in [5.74, 6) is -0.0821. The normalized spacial score (nSPS) is 19.8. The fourth-order valence-electron chi connectivity index (χ4n) is 1.78. The Balaban J connectivity index is 2.45. The number of nitrogens with two attached hydrogens (primary N) is 2. The van der Waals surface area contributed by atoms with Crippen molar-refractivity contribution in [1.82, 2.24) is 9.21 Å². The first kappa shape index (κ1) is 15.3. The lowest BCUT2D eigenvalue weighted by Gasteiger charge is -2.33. The average Bonchev–Trinajstić information content (AvgIpc) is 2.34. The van der Waals surface area contributed by atoms with Gasteiger partial charge in [-0.05, 0) is 0 Å². The summed E-state index contributed by atoms with van der Waals surface area (Å²) in [5.41, 5.74) is 5.44. The summed E-state index contributed by atoms with van der Waals surface area (Å²) in [6, 6.07) is 0. The van der Waals surface area contributed by atoms with Gasteiger partial charge in [0.25, 0.3) is 10.2 Å². The zero-order valence-corrected chi connectivity index (χ0v) is 11.2. The van der Waals surface area contributed by atoms with Gasteiger partial charge in [0.15, 0.2) is 0 Å². The molecule has 8 nitrogen and oxygen atoms in total. The van der Waals surface area contributed by atoms with Crippen LogP contribution in [0.3, 0.4) is 0 Å². The summed E-state index contributed by atoms with van der Waals surface area (Å²) in [6.45, 7) is 1.42. The monoisotopic (exact) mass is 280 g/mol. The van der Waals surface area contributed by atoms with Crippen molar-refractivity contribution in [2.24, 2.45) is 10.9 Å². The summed E-state index contributed by atoms with van der Waals surface area (Å²) in [5, 5.41) is 5.01. The predicted octanol–water partition coefficient (Wildman–Crippen LogP) is -2.30. The topological polar surface area (TPSA) is 119 Å². The molecule has 1 aliphatic rings. The van der Waals surface area contributed by atoms with Crippen molar-refractivity contribution >= 4 is 16.1 Å². The lowest BCUT2D eigenvalue weighted by Crippen LogP contribution is -2.52. The van der Waals surface area contributed by atoms with E-state index < -0.39 is 10.2 Å². The van der Waals surface area contributed by atoms with Crippen LogP contribution >= 0.6 is 0 Å². The van der Waals surface area contributed by atoms with Gasteiger partial charge in [-0.25, -0.2) is 5.14 Å². The van der Waals surface area contributed by atoms with Gasteiger partial charge in [-0.3, -0.25) is 4.79 Å². The molecule has 1 amide bonds. The fourth-order valence-corrected chi connectivity index (χ4v) is 2.45. The molecule has 0 radical (unpaired) electrons. The molecule has 0 aromatic rings. The van der Waals surface area contributed by atoms with Crippen LogP contribution in [0.25, 0.3) is 0 Å². The summed E-state index contributed by atoms with van der Waals surface area (Å²) >= 11 is 0. The largest absolute Gasteiger partial charge is 0.380 e. The van der Waals surface area contributed by atoms with Gasteiger partial charge in [0.05, 0.1) is 12.5 Å². The van der Waals surface area contributed by atoms with Gasteiger partial charge < -0.3 is 15.4 Å². The third-order valence-corrected chi connectivity index (χ3v) is 4.03. The maximum atomic E-state index is 11.9. The molecule has 106 valence electrons. The third-order valence-electron chi connectivity index (χ3n) is 2.95. The number of amides is 1. The molecule has 0 aromatic carbocycles. The molecule has 1 aliphatic heterocycles. The lowest BCUT2D eigenvalue weighted by atomic mass is 10.2. The number of hydrogen-bond acceptors (Lipinski definition) is 5. The summed E-state index contributed by atoms with van der Waals surface area (Å²) in [4.78, 5) is 13.5. The number of hydrogen-bond donors (Lipinski definition) is 2. The van der Waals surface area contributed by atoms with Crippen molar-refractivity contribution in [2.75, 3.05) is 39.8 Å². The first-order chi connectivity index (χ1) is 8.38. The van der Waals surface area contributed by atoms with Gasteiger partial charge in [-0.15, -0.1) is 0 Å². The highest BCUT2D eigenvalue weighted by Crippen LogP contribution is 2.08. The van der Waals surface area contributed by atoms with E-state index in [0.29, 0.717) is 13.1 Å². The Kier molecular flexibility index (Phi) is 5.47. The number of carbonyl (C=O) groups is 1. The van der Waals surface area contributed by atoms with E-state index in [2.05, 4.69) is 0 Å². The standard InChI is InChI=1S/C9H20N4O4S/c1-17-8(7-10)6-9(14)12-2-4-13(5-3-12)18(11,15)16/h8H,2-7,10H2,1H3,(H2,11,15,16). The Hall–Kier alpha value is -0.740. The molecule has 1 unspecified atom stereocenters. The van der Waals surface area contributed by atoms with Gasteiger partial charge in [-0.1, -0.05) is 0 Å². The Morgan fingerprint density at radius 1 is 1.33 bits per heavy atom. The fraction of sp³-hybridized carbons (Fsp3) is 0.889. The van der Waals surface area contributed by atoms with Crippen LogP contribution in [-0.2, 0) is 19.7 Å². The van der Waals surface area contributed by atoms with Crippen LogP contribution in [0.15, 0.2) is 0 Å². The second kappa shape index (κ2) is 6.43. The smallest absolute Gasteiger partial charge is 0.277 e. The molecule has 1 fully saturated rings. The lowest BCUT2D eigenvalue weighted by molar-refractivity contribution is -0.134. The number of piperazine rings is 1. The molecule has 1 saturated heterocycles. The van der Waals surface area contributed by atoms with Crippen molar-refractivity contribution in [3.63, 3.8) is 0 Å². The minimum atomic E-state index is -3.66. The Labute approximate surface area is 107 Å². The van der Waals surface area contributed by atoms with Crippen molar-refractivity contribution in [3.05, 3.63) is 0 Å². The van der Waals surface area contributed by atoms with Crippen molar-refractivity contribution < 1.29 is 17.9 Å². The Morgan fingerprint density at radius 3 is 2.28 bits per heavy atom. The SMILES string of the molecule is COC(CN)CC(=O)N1CCN(S(N)(=O)=O)CC1. The molecule has 0 aliphatic carbocycles. The zero-order chi connectivity index (χ0) is 13.8. The minimum absolute atomic E-state index is 0.0821. The average molecular weight is 280 g/mol. The molecule has 18 heavy (non-hydrogen) atoms. The van der Waals surface area contributed by atoms with E-state index >= 15 is 0 Å². The minimum Gasteiger partial charge on any atom is -0.380 e. The molecule has 1 heterocycles. The first-order valence-corrected chi connectivity index (χ1v) is 7.17. The molecule has 0 aromatic heterocycles. The quantitative estimate of drug-likeness (QED) is 0.587. The highest BCUT2D eigenvalue weighted by molar-refractivity contribution is 7.86. The second-order valence-corrected chi connectivity index (χ2v) is 5.67. The molecule has 1 rings (SSSR count). The summed E-state index contributed by atoms with van der Waals surface area (Å²) in [6.07, 6.45) is -0.0867. The highest BCUT2D eigenvalue weighted by Gasteiger charge is 2.27. The first-order valence-electron chi connectivity index (χ1n) is 5.67. The van der Waals surface area contributed by atoms with E-state index in [0.717, 1.165) is 4.31 Å². The maximum absolute atomic E-state index is 11.9. The number of carbonyl (C=O) groups excluding carboxylic acids is 1. The van der Waals surface area contributed by atoms with Crippen LogP contribution in [0.1, 0.15) is 6.42 Å². The predicted molar refractivity (Wildman–Crippen MR) is 65.7 cm³/mol. The van der Waals surface area contributed by atoms with Gasteiger partial charge in [-0.2, -0.15) is 12.7 Å². The van der Waals surface area contributed by atoms with E-state index in [1.807, 2.05) is 0 Å². The van der Waals surface area contributed by atoms with Crippen molar-refractivity contribution in [3.8, 4) is 0 Å². The van der Waals surface area contributed by atoms with Crippen molar-refractivity contribution in [1.29, 1.82) is 0 Å². The Bertz CT molecular complexity index is 374. The molecule has 1 atom stereocenters. The number of ether oxygens (including phenoxy) is 1. The molecular weight excluding hydrogens is 260 g/mol. The van der Waals surface area contributed by atoms with Crippen LogP contribution < -0.4 is 10.9 Å². The molecule has 0 saturated carbocycles. The van der Waals surface area contributed by atoms with Gasteiger partial charge >= 0.3 is 0 Å². The van der Waals surface area contributed by atoms with Crippen LogP contribution in [0, 0.1) is 0 Å². The molecule has 0 spiro atoms. The van der Waals surface area contributed by atoms with E-state index in [1.165, 1.54) is 7.11 Å². The number of rotatable bonds is 5. The van der Waals surface area contributed by atoms with Crippen LogP contribution in [0.4, 0.5) is 0 Å². The van der Waals surface area contributed by atoms with Crippen LogP contribution in [0.5, 0.6) is 0 Å². The highest BCUT2D eigenvalue weighted by atomic mass is 32.2. The van der Waals surface area contributed by atoms with E-state index in [-0.39, 0.29) is 38.1 Å². The maximum Gasteiger partial charge on any atom is 0.277 e. The molecule has 9 heteroatoms. The van der Waals surface area contributed by atoms with E-state index in [4.69, 9.17) is 15.6 Å².